The maximum absolute atomic E-state index is 10.9. The second-order valence-corrected chi connectivity index (χ2v) is 6.30. The summed E-state index contributed by atoms with van der Waals surface area (Å²) in [4.78, 5) is 2.45. The first-order valence-electron chi connectivity index (χ1n) is 7.99. The third-order valence-electron chi connectivity index (χ3n) is 5.10. The van der Waals surface area contributed by atoms with Gasteiger partial charge in [0, 0.05) is 25.0 Å². The van der Waals surface area contributed by atoms with Gasteiger partial charge in [0.05, 0.1) is 19.3 Å². The molecule has 2 aliphatic rings. The lowest BCUT2D eigenvalue weighted by atomic mass is 9.84. The number of nitrogens with zero attached hydrogens (tertiary/aromatic N) is 1. The van der Waals surface area contributed by atoms with E-state index in [2.05, 4.69) is 4.90 Å². The lowest BCUT2D eigenvalue weighted by Gasteiger charge is -2.46. The van der Waals surface area contributed by atoms with Crippen LogP contribution in [0.4, 0.5) is 0 Å². The van der Waals surface area contributed by atoms with Gasteiger partial charge in [-0.1, -0.05) is 25.0 Å². The third-order valence-corrected chi connectivity index (χ3v) is 5.10. The van der Waals surface area contributed by atoms with E-state index in [4.69, 9.17) is 4.74 Å². The molecule has 1 saturated heterocycles. The van der Waals surface area contributed by atoms with Gasteiger partial charge >= 0.3 is 0 Å². The molecule has 2 fully saturated rings. The Balaban J connectivity index is 1.74. The Morgan fingerprint density at radius 3 is 2.33 bits per heavy atom. The third kappa shape index (κ3) is 3.07. The molecule has 1 saturated carbocycles. The first-order valence-corrected chi connectivity index (χ1v) is 7.99. The molecule has 21 heavy (non-hydrogen) atoms. The number of hydrogen-bond donors (Lipinski definition) is 2. The highest BCUT2D eigenvalue weighted by Crippen LogP contribution is 2.39. The van der Waals surface area contributed by atoms with Gasteiger partial charge in [-0.15, -0.1) is 0 Å². The minimum atomic E-state index is -0.359. The average Bonchev–Trinajstić information content (AvgIpc) is 3.01. The van der Waals surface area contributed by atoms with Crippen molar-refractivity contribution in [2.45, 2.75) is 43.7 Å². The van der Waals surface area contributed by atoms with Gasteiger partial charge in [-0.2, -0.15) is 0 Å². The number of phenolic OH excluding ortho intramolecular Hbond substituents is 1. The lowest BCUT2D eigenvalue weighted by Crippen LogP contribution is -2.59. The van der Waals surface area contributed by atoms with Crippen molar-refractivity contribution >= 4 is 0 Å². The summed E-state index contributed by atoms with van der Waals surface area (Å²) in [5.41, 5.74) is 1.00. The largest absolute Gasteiger partial charge is 0.508 e. The van der Waals surface area contributed by atoms with E-state index < -0.39 is 0 Å². The van der Waals surface area contributed by atoms with Gasteiger partial charge in [-0.25, -0.2) is 0 Å². The molecule has 1 aliphatic heterocycles. The summed E-state index contributed by atoms with van der Waals surface area (Å²) in [6.07, 6.45) is 4.84. The lowest BCUT2D eigenvalue weighted by molar-refractivity contribution is -0.0753. The van der Waals surface area contributed by atoms with Crippen LogP contribution in [-0.4, -0.2) is 53.1 Å². The highest BCUT2D eigenvalue weighted by atomic mass is 16.5. The normalized spacial score (nSPS) is 24.0. The Labute approximate surface area is 126 Å². The first-order chi connectivity index (χ1) is 10.2. The molecule has 1 heterocycles. The SMILES string of the molecule is Oc1ccc(CC(O)C2(N3CCOCC3)CCCC2)cc1. The Kier molecular flexibility index (Phi) is 4.48. The smallest absolute Gasteiger partial charge is 0.115 e. The number of ether oxygens (including phenoxy) is 1. The van der Waals surface area contributed by atoms with Gasteiger partial charge in [-0.05, 0) is 30.5 Å². The fraction of sp³-hybridized carbons (Fsp3) is 0.647. The summed E-state index contributed by atoms with van der Waals surface area (Å²) in [6, 6.07) is 7.19. The number of benzene rings is 1. The van der Waals surface area contributed by atoms with Crippen LogP contribution in [0.3, 0.4) is 0 Å². The van der Waals surface area contributed by atoms with Crippen molar-refractivity contribution in [2.75, 3.05) is 26.3 Å². The number of rotatable bonds is 4. The molecular formula is C17H25NO3. The number of aromatic hydroxyl groups is 1. The summed E-state index contributed by atoms with van der Waals surface area (Å²) in [5, 5.41) is 20.3. The molecule has 4 heteroatoms. The zero-order valence-electron chi connectivity index (χ0n) is 12.5. The van der Waals surface area contributed by atoms with Crippen molar-refractivity contribution in [2.24, 2.45) is 0 Å². The molecule has 0 radical (unpaired) electrons. The second-order valence-electron chi connectivity index (χ2n) is 6.30. The zero-order chi connectivity index (χ0) is 14.7. The molecule has 0 amide bonds. The zero-order valence-corrected chi connectivity index (χ0v) is 12.5. The molecule has 1 unspecified atom stereocenters. The molecule has 1 aromatic rings. The van der Waals surface area contributed by atoms with Crippen LogP contribution >= 0.6 is 0 Å². The summed E-state index contributed by atoms with van der Waals surface area (Å²) in [6.45, 7) is 3.39. The summed E-state index contributed by atoms with van der Waals surface area (Å²) < 4.78 is 5.46. The average molecular weight is 291 g/mol. The fourth-order valence-corrected chi connectivity index (χ4v) is 3.90. The molecule has 0 spiro atoms. The number of aliphatic hydroxyl groups is 1. The highest BCUT2D eigenvalue weighted by molar-refractivity contribution is 5.27. The van der Waals surface area contributed by atoms with E-state index in [-0.39, 0.29) is 17.4 Å². The Morgan fingerprint density at radius 2 is 1.71 bits per heavy atom. The Morgan fingerprint density at radius 1 is 1.10 bits per heavy atom. The van der Waals surface area contributed by atoms with Gasteiger partial charge in [0.15, 0.2) is 0 Å². The van der Waals surface area contributed by atoms with Crippen molar-refractivity contribution in [1.82, 2.24) is 4.90 Å². The molecule has 0 aromatic heterocycles. The molecular weight excluding hydrogens is 266 g/mol. The van der Waals surface area contributed by atoms with Crippen LogP contribution in [0.5, 0.6) is 5.75 Å². The molecule has 3 rings (SSSR count). The second kappa shape index (κ2) is 6.34. The fourth-order valence-electron chi connectivity index (χ4n) is 3.90. The van der Waals surface area contributed by atoms with Crippen molar-refractivity contribution < 1.29 is 14.9 Å². The van der Waals surface area contributed by atoms with Crippen LogP contribution in [0.15, 0.2) is 24.3 Å². The number of morpholine rings is 1. The van der Waals surface area contributed by atoms with Crippen LogP contribution < -0.4 is 0 Å². The number of hydrogen-bond acceptors (Lipinski definition) is 4. The van der Waals surface area contributed by atoms with E-state index in [1.807, 2.05) is 12.1 Å². The maximum Gasteiger partial charge on any atom is 0.115 e. The van der Waals surface area contributed by atoms with Gasteiger partial charge in [0.1, 0.15) is 5.75 Å². The summed E-state index contributed by atoms with van der Waals surface area (Å²) in [5.74, 6) is 0.275. The molecule has 1 aliphatic carbocycles. The van der Waals surface area contributed by atoms with Gasteiger partial charge in [-0.3, -0.25) is 4.90 Å². The quantitative estimate of drug-likeness (QED) is 0.890. The van der Waals surface area contributed by atoms with Gasteiger partial charge in [0.2, 0.25) is 0 Å². The van der Waals surface area contributed by atoms with E-state index in [0.29, 0.717) is 6.42 Å². The highest BCUT2D eigenvalue weighted by Gasteiger charge is 2.45. The number of aliphatic hydroxyl groups excluding tert-OH is 1. The molecule has 1 aromatic carbocycles. The predicted octanol–water partition coefficient (Wildman–Crippen LogP) is 1.94. The van der Waals surface area contributed by atoms with E-state index in [9.17, 15) is 10.2 Å². The van der Waals surface area contributed by atoms with Crippen molar-refractivity contribution in [3.05, 3.63) is 29.8 Å². The molecule has 2 N–H and O–H groups in total. The van der Waals surface area contributed by atoms with Crippen molar-refractivity contribution in [3.8, 4) is 5.75 Å². The topological polar surface area (TPSA) is 52.9 Å². The Bertz CT molecular complexity index is 448. The number of phenols is 1. The van der Waals surface area contributed by atoms with Crippen LogP contribution in [0.25, 0.3) is 0 Å². The molecule has 4 nitrogen and oxygen atoms in total. The minimum Gasteiger partial charge on any atom is -0.508 e. The van der Waals surface area contributed by atoms with Crippen LogP contribution in [0, 0.1) is 0 Å². The summed E-state index contributed by atoms with van der Waals surface area (Å²) >= 11 is 0. The van der Waals surface area contributed by atoms with Gasteiger partial charge < -0.3 is 14.9 Å². The van der Waals surface area contributed by atoms with E-state index in [1.54, 1.807) is 12.1 Å². The molecule has 0 bridgehead atoms. The molecule has 116 valence electrons. The first kappa shape index (κ1) is 14.8. The van der Waals surface area contributed by atoms with Crippen molar-refractivity contribution in [3.63, 3.8) is 0 Å². The molecule has 1 atom stereocenters. The van der Waals surface area contributed by atoms with Crippen LogP contribution in [0.1, 0.15) is 31.2 Å². The van der Waals surface area contributed by atoms with Crippen LogP contribution in [0.2, 0.25) is 0 Å². The van der Waals surface area contributed by atoms with Crippen molar-refractivity contribution in [1.29, 1.82) is 0 Å². The van der Waals surface area contributed by atoms with Crippen LogP contribution in [-0.2, 0) is 11.2 Å². The standard InChI is InChI=1S/C17H25NO3/c19-15-5-3-14(4-6-15)13-16(20)17(7-1-2-8-17)18-9-11-21-12-10-18/h3-6,16,19-20H,1-2,7-13H2. The van der Waals surface area contributed by atoms with E-state index >= 15 is 0 Å². The van der Waals surface area contributed by atoms with E-state index in [0.717, 1.165) is 44.7 Å². The summed E-state index contributed by atoms with van der Waals surface area (Å²) in [7, 11) is 0. The minimum absolute atomic E-state index is 0.0817. The van der Waals surface area contributed by atoms with E-state index in [1.165, 1.54) is 12.8 Å². The predicted molar refractivity (Wildman–Crippen MR) is 81.4 cm³/mol. The maximum atomic E-state index is 10.9. The monoisotopic (exact) mass is 291 g/mol. The van der Waals surface area contributed by atoms with Gasteiger partial charge in [0.25, 0.3) is 0 Å². The Hall–Kier alpha value is -1.10.